The van der Waals surface area contributed by atoms with E-state index in [1.807, 2.05) is 13.0 Å². The summed E-state index contributed by atoms with van der Waals surface area (Å²) in [5.74, 6) is -0.154. The molecule has 0 saturated heterocycles. The number of carbonyl (C=O) groups excluding carboxylic acids is 1. The topological polar surface area (TPSA) is 62.1 Å². The molecule has 32 heavy (non-hydrogen) atoms. The molecule has 162 valence electrons. The van der Waals surface area contributed by atoms with Gasteiger partial charge in [-0.3, -0.25) is 4.79 Å². The Hall–Kier alpha value is -2.68. The molecule has 0 saturated carbocycles. The van der Waals surface area contributed by atoms with Gasteiger partial charge in [-0.25, -0.2) is 0 Å². The van der Waals surface area contributed by atoms with Gasteiger partial charge in [0.15, 0.2) is 0 Å². The van der Waals surface area contributed by atoms with Gasteiger partial charge in [0, 0.05) is 36.9 Å². The highest BCUT2D eigenvalue weighted by Crippen LogP contribution is 2.28. The van der Waals surface area contributed by atoms with Crippen LogP contribution in [0.3, 0.4) is 0 Å². The molecular formula is C24H16Cl4N2O2. The van der Waals surface area contributed by atoms with E-state index in [1.54, 1.807) is 54.6 Å². The minimum Gasteiger partial charge on any atom is -0.488 e. The molecule has 1 N–H and O–H groups in total. The Morgan fingerprint density at radius 3 is 2.41 bits per heavy atom. The Balaban J connectivity index is 1.84. The van der Waals surface area contributed by atoms with E-state index in [2.05, 4.69) is 5.32 Å². The van der Waals surface area contributed by atoms with E-state index in [0.717, 1.165) is 11.1 Å². The fourth-order valence-corrected chi connectivity index (χ4v) is 3.56. The molecule has 0 aliphatic heterocycles. The molecule has 8 heteroatoms. The third-order valence-electron chi connectivity index (χ3n) is 4.46. The molecule has 3 rings (SSSR count). The minimum atomic E-state index is -0.584. The molecule has 1 amide bonds. The van der Waals surface area contributed by atoms with Crippen LogP contribution in [0.2, 0.25) is 20.1 Å². The maximum Gasteiger partial charge on any atom is 0.266 e. The number of hydrogen-bond donors (Lipinski definition) is 1. The smallest absolute Gasteiger partial charge is 0.266 e. The van der Waals surface area contributed by atoms with Crippen molar-refractivity contribution >= 4 is 64.1 Å². The number of nitrogens with one attached hydrogen (secondary N) is 1. The number of aryl methyl sites for hydroxylation is 1. The highest BCUT2D eigenvalue weighted by atomic mass is 35.5. The maximum absolute atomic E-state index is 12.6. The molecule has 0 radical (unpaired) electrons. The van der Waals surface area contributed by atoms with Crippen molar-refractivity contribution in [1.29, 1.82) is 5.26 Å². The lowest BCUT2D eigenvalue weighted by atomic mass is 10.1. The van der Waals surface area contributed by atoms with Crippen molar-refractivity contribution < 1.29 is 9.53 Å². The van der Waals surface area contributed by atoms with Crippen molar-refractivity contribution in [2.75, 3.05) is 5.32 Å². The number of anilines is 1. The molecule has 0 aliphatic rings. The van der Waals surface area contributed by atoms with E-state index in [0.29, 0.717) is 37.1 Å². The highest BCUT2D eigenvalue weighted by Gasteiger charge is 2.13. The number of ether oxygens (including phenoxy) is 1. The second kappa shape index (κ2) is 10.8. The average molecular weight is 506 g/mol. The van der Waals surface area contributed by atoms with Crippen molar-refractivity contribution in [3.8, 4) is 11.8 Å². The van der Waals surface area contributed by atoms with E-state index >= 15 is 0 Å². The lowest BCUT2D eigenvalue weighted by Gasteiger charge is -2.12. The number of halogens is 4. The second-order valence-electron chi connectivity index (χ2n) is 6.79. The number of amides is 1. The van der Waals surface area contributed by atoms with Crippen molar-refractivity contribution in [3.05, 3.63) is 97.0 Å². The molecule has 0 atom stereocenters. The number of rotatable bonds is 6. The number of benzene rings is 3. The summed E-state index contributed by atoms with van der Waals surface area (Å²) in [7, 11) is 0. The largest absolute Gasteiger partial charge is 0.488 e. The van der Waals surface area contributed by atoms with E-state index in [-0.39, 0.29) is 12.2 Å². The van der Waals surface area contributed by atoms with Gasteiger partial charge in [0.25, 0.3) is 5.91 Å². The van der Waals surface area contributed by atoms with Crippen molar-refractivity contribution in [1.82, 2.24) is 0 Å². The summed E-state index contributed by atoms with van der Waals surface area (Å²) in [5, 5.41) is 14.2. The fraction of sp³-hybridized carbons (Fsp3) is 0.0833. The molecule has 0 fully saturated rings. The normalized spacial score (nSPS) is 11.1. The maximum atomic E-state index is 12.6. The van der Waals surface area contributed by atoms with Crippen molar-refractivity contribution in [2.45, 2.75) is 13.5 Å². The van der Waals surface area contributed by atoms with Crippen LogP contribution in [0.25, 0.3) is 6.08 Å². The lowest BCUT2D eigenvalue weighted by molar-refractivity contribution is -0.112. The van der Waals surface area contributed by atoms with Gasteiger partial charge >= 0.3 is 0 Å². The van der Waals surface area contributed by atoms with Gasteiger partial charge in [-0.05, 0) is 61.0 Å². The summed E-state index contributed by atoms with van der Waals surface area (Å²) in [4.78, 5) is 12.6. The summed E-state index contributed by atoms with van der Waals surface area (Å²) < 4.78 is 5.88. The van der Waals surface area contributed by atoms with Crippen LogP contribution in [-0.4, -0.2) is 5.91 Å². The van der Waals surface area contributed by atoms with E-state index in [1.165, 1.54) is 6.08 Å². The predicted molar refractivity (Wildman–Crippen MR) is 131 cm³/mol. The number of nitriles is 1. The summed E-state index contributed by atoms with van der Waals surface area (Å²) in [5.41, 5.74) is 2.43. The van der Waals surface area contributed by atoms with Crippen LogP contribution in [0.4, 0.5) is 5.69 Å². The molecule has 3 aromatic rings. The van der Waals surface area contributed by atoms with Crippen LogP contribution in [0, 0.1) is 18.3 Å². The molecule has 3 aromatic carbocycles. The van der Waals surface area contributed by atoms with Gasteiger partial charge in [-0.2, -0.15) is 5.26 Å². The Morgan fingerprint density at radius 1 is 1.00 bits per heavy atom. The Labute approximate surface area is 205 Å². The molecule has 0 aliphatic carbocycles. The zero-order valence-corrected chi connectivity index (χ0v) is 19.8. The summed E-state index contributed by atoms with van der Waals surface area (Å²) in [6, 6.07) is 17.0. The zero-order chi connectivity index (χ0) is 23.3. The Bertz CT molecular complexity index is 1250. The van der Waals surface area contributed by atoms with Crippen LogP contribution in [0.5, 0.6) is 5.75 Å². The molecular weight excluding hydrogens is 490 g/mol. The van der Waals surface area contributed by atoms with Crippen LogP contribution in [0.15, 0.2) is 60.2 Å². The summed E-state index contributed by atoms with van der Waals surface area (Å²) in [6.45, 7) is 2.01. The number of hydrogen-bond acceptors (Lipinski definition) is 3. The Morgan fingerprint density at radius 2 is 1.72 bits per heavy atom. The van der Waals surface area contributed by atoms with Crippen LogP contribution >= 0.6 is 46.4 Å². The zero-order valence-electron chi connectivity index (χ0n) is 16.8. The molecule has 0 spiro atoms. The van der Waals surface area contributed by atoms with Gasteiger partial charge in [0.2, 0.25) is 0 Å². The lowest BCUT2D eigenvalue weighted by Crippen LogP contribution is -2.13. The third-order valence-corrected chi connectivity index (χ3v) is 5.69. The van der Waals surface area contributed by atoms with Crippen LogP contribution in [-0.2, 0) is 11.4 Å². The molecule has 4 nitrogen and oxygen atoms in total. The van der Waals surface area contributed by atoms with Crippen LogP contribution in [0.1, 0.15) is 16.7 Å². The van der Waals surface area contributed by atoms with Gasteiger partial charge in [0.05, 0.1) is 0 Å². The third kappa shape index (κ3) is 6.18. The number of carbonyl (C=O) groups is 1. The van der Waals surface area contributed by atoms with E-state index in [4.69, 9.17) is 51.1 Å². The summed E-state index contributed by atoms with van der Waals surface area (Å²) in [6.07, 6.45) is 1.41. The second-order valence-corrected chi connectivity index (χ2v) is 8.48. The molecule has 0 bridgehead atoms. The predicted octanol–water partition coefficient (Wildman–Crippen LogP) is 7.73. The van der Waals surface area contributed by atoms with Crippen LogP contribution < -0.4 is 10.1 Å². The van der Waals surface area contributed by atoms with Gasteiger partial charge in [-0.15, -0.1) is 0 Å². The SMILES string of the molecule is Cc1ccc(NC(=O)/C(C#N)=C/c2cc(Cl)ccc2OCc2ccc(Cl)cc2Cl)cc1Cl. The monoisotopic (exact) mass is 504 g/mol. The molecule has 0 heterocycles. The number of nitrogens with zero attached hydrogens (tertiary/aromatic N) is 1. The standard InChI is InChI=1S/C24H16Cl4N2O2/c1-14-2-6-20(11-21(14)27)30-24(31)17(12-29)8-16-9-18(25)5-7-23(16)32-13-15-3-4-19(26)10-22(15)28/h2-11H,13H2,1H3,(H,30,31)/b17-8+. The first-order valence-corrected chi connectivity index (χ1v) is 10.8. The first kappa shape index (κ1) is 24.0. The van der Waals surface area contributed by atoms with E-state index in [9.17, 15) is 10.1 Å². The van der Waals surface area contributed by atoms with Gasteiger partial charge in [-0.1, -0.05) is 58.5 Å². The summed E-state index contributed by atoms with van der Waals surface area (Å²) >= 11 is 24.4. The molecule has 0 unspecified atom stereocenters. The first-order chi connectivity index (χ1) is 15.3. The molecule has 0 aromatic heterocycles. The van der Waals surface area contributed by atoms with Gasteiger partial charge in [0.1, 0.15) is 24.0 Å². The average Bonchev–Trinajstić information content (AvgIpc) is 2.75. The quantitative estimate of drug-likeness (QED) is 0.275. The first-order valence-electron chi connectivity index (χ1n) is 9.32. The highest BCUT2D eigenvalue weighted by molar-refractivity contribution is 6.35. The Kier molecular flexibility index (Phi) is 8.06. The van der Waals surface area contributed by atoms with E-state index < -0.39 is 5.91 Å². The van der Waals surface area contributed by atoms with Crippen molar-refractivity contribution in [3.63, 3.8) is 0 Å². The fourth-order valence-electron chi connectivity index (χ4n) is 2.73. The minimum absolute atomic E-state index is 0.127. The van der Waals surface area contributed by atoms with Crippen molar-refractivity contribution in [2.24, 2.45) is 0 Å². The van der Waals surface area contributed by atoms with Gasteiger partial charge < -0.3 is 10.1 Å².